The Balaban J connectivity index is 0.700. The van der Waals surface area contributed by atoms with Crippen molar-refractivity contribution in [3.8, 4) is 39.3 Å². The van der Waals surface area contributed by atoms with Crippen LogP contribution in [0.25, 0.3) is 43.4 Å². The van der Waals surface area contributed by atoms with Crippen molar-refractivity contribution >= 4 is 50.6 Å². The number of halogens is 1. The van der Waals surface area contributed by atoms with Gasteiger partial charge in [-0.1, -0.05) is 63.2 Å². The van der Waals surface area contributed by atoms with Gasteiger partial charge in [0.1, 0.15) is 41.3 Å². The molecule has 404 valence electrons. The van der Waals surface area contributed by atoms with Crippen molar-refractivity contribution in [1.29, 1.82) is 0 Å². The van der Waals surface area contributed by atoms with Gasteiger partial charge >= 0.3 is 6.01 Å². The smallest absolute Gasteiger partial charge is 0.319 e. The Hall–Kier alpha value is -6.80. The Morgan fingerprint density at radius 1 is 0.974 bits per heavy atom. The number of pyridine rings is 1. The summed E-state index contributed by atoms with van der Waals surface area (Å²) in [4.78, 5) is 53.9. The molecule has 7 aromatic rings. The number of aliphatic hydroxyl groups excluding tert-OH is 1. The van der Waals surface area contributed by atoms with Crippen molar-refractivity contribution in [2.24, 2.45) is 11.8 Å². The van der Waals surface area contributed by atoms with Gasteiger partial charge in [0.25, 0.3) is 5.88 Å². The Morgan fingerprint density at radius 3 is 2.48 bits per heavy atom. The first-order chi connectivity index (χ1) is 37.3. The molecule has 6 atom stereocenters. The van der Waals surface area contributed by atoms with Crippen LogP contribution < -0.4 is 25.0 Å². The van der Waals surface area contributed by atoms with Crippen LogP contribution in [0.2, 0.25) is 0 Å². The summed E-state index contributed by atoms with van der Waals surface area (Å²) in [5.74, 6) is -0.644. The van der Waals surface area contributed by atoms with Crippen molar-refractivity contribution < 1.29 is 38.2 Å². The third-order valence-corrected chi connectivity index (χ3v) is 17.0. The number of fused-ring (bicyclic) bond motifs is 4. The number of piperazine rings is 1. The summed E-state index contributed by atoms with van der Waals surface area (Å²) in [7, 11) is 0. The number of aromatic nitrogens is 5. The van der Waals surface area contributed by atoms with E-state index < -0.39 is 23.9 Å². The number of anilines is 1. The fourth-order valence-corrected chi connectivity index (χ4v) is 12.7. The van der Waals surface area contributed by atoms with Gasteiger partial charge in [0, 0.05) is 62.5 Å². The van der Waals surface area contributed by atoms with Gasteiger partial charge in [-0.25, -0.2) is 9.37 Å². The first-order valence-electron chi connectivity index (χ1n) is 27.1. The standard InChI is InChI=1S/C58H67FN10O7S/c1-6-36-8-7-9-39-22-42(70)23-44(50(36)39)52-51(59)53-45(26-60-52)55(68-27-40-14-15-41(28-68)63-40)65-58(64-53)74-21-20-67-18-16-35(17-19-67)30-75-48-25-47(76-66-48)49(32(2)3)57(73)69-29-43(71)24-46(69)56(72)62-33(4)37-10-12-38(13-11-37)54-34(5)61-31-77-54/h7-13,22-23,25-26,31-33,35,40-41,43,46,49,63,70-71H,6,14-21,24,27-30H2,1-5H3,(H,62,72)/t33-,40?,41?,43+,46-,49-/m0/s1. The fourth-order valence-electron chi connectivity index (χ4n) is 11.9. The highest BCUT2D eigenvalue weighted by Gasteiger charge is 2.44. The molecule has 4 N–H and O–H groups in total. The average Bonchev–Trinajstić information content (AvgIpc) is 4.26. The molecule has 0 radical (unpaired) electrons. The molecule has 0 saturated carbocycles. The number of piperidine rings is 1. The zero-order chi connectivity index (χ0) is 53.5. The summed E-state index contributed by atoms with van der Waals surface area (Å²) in [5.41, 5.74) is 6.56. The molecule has 2 amide bonds. The molecular weight excluding hydrogens is 1000 g/mol. The van der Waals surface area contributed by atoms with E-state index in [0.717, 1.165) is 96.3 Å². The molecule has 19 heteroatoms. The van der Waals surface area contributed by atoms with E-state index in [4.69, 9.17) is 28.9 Å². The molecule has 0 spiro atoms. The van der Waals surface area contributed by atoms with Gasteiger partial charge in [-0.2, -0.15) is 9.97 Å². The van der Waals surface area contributed by atoms with Crippen LogP contribution in [0, 0.1) is 24.6 Å². The molecule has 4 aromatic heterocycles. The molecule has 4 aliphatic rings. The number of likely N-dealkylation sites (tertiary alicyclic amines) is 2. The van der Waals surface area contributed by atoms with Gasteiger partial charge in [-0.05, 0) is 116 Å². The van der Waals surface area contributed by atoms with E-state index in [2.05, 4.69) is 37.5 Å². The number of aromatic hydroxyl groups is 1. The minimum absolute atomic E-state index is 0.0307. The highest BCUT2D eigenvalue weighted by molar-refractivity contribution is 7.13. The largest absolute Gasteiger partial charge is 0.508 e. The number of aliphatic hydroxyl groups is 1. The second-order valence-corrected chi connectivity index (χ2v) is 22.5. The van der Waals surface area contributed by atoms with Crippen LogP contribution in [-0.2, 0) is 16.0 Å². The van der Waals surface area contributed by atoms with E-state index in [1.165, 1.54) is 4.90 Å². The zero-order valence-electron chi connectivity index (χ0n) is 44.2. The summed E-state index contributed by atoms with van der Waals surface area (Å²) in [6, 6.07) is 18.4. The minimum atomic E-state index is -0.849. The lowest BCUT2D eigenvalue weighted by molar-refractivity contribution is -0.141. The lowest BCUT2D eigenvalue weighted by atomic mass is 9.91. The fraction of sp³-hybridized carbons (Fsp3) is 0.466. The number of carbonyl (C=O) groups excluding carboxylic acids is 2. The number of phenolic OH excluding ortho intramolecular Hbond substituents is 1. The van der Waals surface area contributed by atoms with Crippen molar-refractivity contribution in [1.82, 2.24) is 45.5 Å². The maximum atomic E-state index is 17.1. The molecule has 8 heterocycles. The summed E-state index contributed by atoms with van der Waals surface area (Å²) in [5, 5.41) is 34.7. The zero-order valence-corrected chi connectivity index (χ0v) is 45.1. The van der Waals surface area contributed by atoms with Crippen LogP contribution in [0.5, 0.6) is 17.6 Å². The van der Waals surface area contributed by atoms with E-state index in [1.54, 1.807) is 35.7 Å². The normalized spacial score (nSPS) is 20.8. The molecule has 3 aromatic carbocycles. The van der Waals surface area contributed by atoms with Crippen molar-refractivity contribution in [2.75, 3.05) is 57.4 Å². The molecule has 17 nitrogen and oxygen atoms in total. The number of aryl methyl sites for hydroxylation is 2. The van der Waals surface area contributed by atoms with Crippen molar-refractivity contribution in [2.45, 2.75) is 109 Å². The monoisotopic (exact) mass is 1070 g/mol. The number of hydrogen-bond acceptors (Lipinski definition) is 16. The van der Waals surface area contributed by atoms with Crippen LogP contribution in [-0.4, -0.2) is 134 Å². The lowest BCUT2D eigenvalue weighted by Gasteiger charge is -2.34. The molecule has 2 unspecified atom stereocenters. The van der Waals surface area contributed by atoms with Crippen molar-refractivity contribution in [3.05, 3.63) is 101 Å². The van der Waals surface area contributed by atoms with Crippen molar-refractivity contribution in [3.63, 3.8) is 0 Å². The topological polar surface area (TPSA) is 204 Å². The number of thiazole rings is 1. The van der Waals surface area contributed by atoms with Crippen LogP contribution in [0.4, 0.5) is 10.2 Å². The predicted octanol–water partition coefficient (Wildman–Crippen LogP) is 8.36. The van der Waals surface area contributed by atoms with Gasteiger partial charge in [0.2, 0.25) is 11.8 Å². The van der Waals surface area contributed by atoms with Gasteiger partial charge in [-0.3, -0.25) is 19.5 Å². The summed E-state index contributed by atoms with van der Waals surface area (Å²) in [6.45, 7) is 14.3. The Kier molecular flexibility index (Phi) is 15.1. The SMILES string of the molecule is CCc1cccc2cc(O)cc(-c3ncc4c(N5CC6CCC(C5)N6)nc(OCCN5CCC(COc6cc([C@@H](C(=O)N7C[C@H](O)C[C@H]7C(=O)N[C@@H](C)c7ccc(-c8scnc8C)cc7)C(C)C)on6)CC5)nc4c3F)c12. The molecular formula is C58H67FN10O7S. The number of β-amino-alcohol motifs (C(OH)–C–C–N with tert-alkyl or cyclic N) is 1. The molecule has 4 saturated heterocycles. The molecule has 77 heavy (non-hydrogen) atoms. The van der Waals surface area contributed by atoms with Gasteiger partial charge in [-0.15, -0.1) is 11.3 Å². The molecule has 4 aliphatic heterocycles. The highest BCUT2D eigenvalue weighted by Crippen LogP contribution is 2.40. The van der Waals surface area contributed by atoms with E-state index in [-0.39, 0.29) is 65.6 Å². The number of nitrogens with one attached hydrogen (secondary N) is 2. The lowest BCUT2D eigenvalue weighted by Crippen LogP contribution is -2.51. The summed E-state index contributed by atoms with van der Waals surface area (Å²) < 4.78 is 35.4. The number of carbonyl (C=O) groups is 2. The summed E-state index contributed by atoms with van der Waals surface area (Å²) >= 11 is 1.59. The Morgan fingerprint density at radius 2 is 1.75 bits per heavy atom. The molecule has 11 rings (SSSR count). The van der Waals surface area contributed by atoms with E-state index in [0.29, 0.717) is 60.2 Å². The second-order valence-electron chi connectivity index (χ2n) is 21.7. The van der Waals surface area contributed by atoms with Gasteiger partial charge in [0.05, 0.1) is 40.2 Å². The number of amides is 2. The number of phenols is 1. The Bertz CT molecular complexity index is 3260. The van der Waals surface area contributed by atoms with Crippen LogP contribution >= 0.6 is 11.3 Å². The first-order valence-corrected chi connectivity index (χ1v) is 28.0. The highest BCUT2D eigenvalue weighted by atomic mass is 32.1. The molecule has 4 fully saturated rings. The van der Waals surface area contributed by atoms with Crippen LogP contribution in [0.15, 0.2) is 76.9 Å². The average molecular weight is 1070 g/mol. The van der Waals surface area contributed by atoms with Gasteiger partial charge < -0.3 is 44.6 Å². The molecule has 0 aliphatic carbocycles. The predicted molar refractivity (Wildman–Crippen MR) is 293 cm³/mol. The number of nitrogens with zero attached hydrogens (tertiary/aromatic N) is 8. The quantitative estimate of drug-likeness (QED) is 0.0677. The van der Waals surface area contributed by atoms with Crippen LogP contribution in [0.1, 0.15) is 94.3 Å². The molecule has 2 bridgehead atoms. The Labute approximate surface area is 451 Å². The third-order valence-electron chi connectivity index (χ3n) is 16.0. The number of rotatable bonds is 17. The maximum Gasteiger partial charge on any atom is 0.319 e. The maximum absolute atomic E-state index is 17.1. The minimum Gasteiger partial charge on any atom is -0.508 e. The van der Waals surface area contributed by atoms with E-state index >= 15 is 4.39 Å². The van der Waals surface area contributed by atoms with E-state index in [9.17, 15) is 19.8 Å². The first kappa shape index (κ1) is 52.3. The number of ether oxygens (including phenoxy) is 2. The number of hydrogen-bond donors (Lipinski definition) is 4. The van der Waals surface area contributed by atoms with E-state index in [1.807, 2.05) is 75.7 Å². The third kappa shape index (κ3) is 10.9. The van der Waals surface area contributed by atoms with Gasteiger partial charge in [0.15, 0.2) is 11.6 Å². The number of benzene rings is 3. The summed E-state index contributed by atoms with van der Waals surface area (Å²) in [6.07, 6.45) is 5.58. The van der Waals surface area contributed by atoms with Crippen LogP contribution in [0.3, 0.4) is 0 Å². The second kappa shape index (κ2) is 22.3.